The predicted molar refractivity (Wildman–Crippen MR) is 143 cm³/mol. The van der Waals surface area contributed by atoms with E-state index in [4.69, 9.17) is 32.7 Å². The van der Waals surface area contributed by atoms with Gasteiger partial charge >= 0.3 is 0 Å². The number of nitrogens with one attached hydrogen (secondary N) is 1. The third-order valence-corrected chi connectivity index (χ3v) is 7.10. The molecule has 0 aromatic heterocycles. The van der Waals surface area contributed by atoms with E-state index in [1.54, 1.807) is 60.7 Å². The molecule has 2 atom stereocenters. The Bertz CT molecular complexity index is 1330. The van der Waals surface area contributed by atoms with Crippen molar-refractivity contribution in [2.45, 2.75) is 37.3 Å². The second kappa shape index (κ2) is 11.2. The maximum Gasteiger partial charge on any atom is 0.251 e. The number of benzene rings is 3. The van der Waals surface area contributed by atoms with Gasteiger partial charge in [0.05, 0.1) is 23.7 Å². The van der Waals surface area contributed by atoms with Crippen LogP contribution < -0.4 is 14.8 Å². The number of carbonyl (C=O) groups is 2. The quantitative estimate of drug-likeness (QED) is 0.350. The Balaban J connectivity index is 1.22. The summed E-state index contributed by atoms with van der Waals surface area (Å²) in [5.41, 5.74) is 1.61. The van der Waals surface area contributed by atoms with Gasteiger partial charge in [-0.05, 0) is 67.3 Å². The first-order valence-electron chi connectivity index (χ1n) is 12.3. The van der Waals surface area contributed by atoms with Gasteiger partial charge in [-0.3, -0.25) is 9.59 Å². The number of hydrogen-bond acceptors (Lipinski definition) is 6. The van der Waals surface area contributed by atoms with E-state index in [0.717, 1.165) is 12.8 Å². The van der Waals surface area contributed by atoms with Crippen molar-refractivity contribution in [2.24, 2.45) is 0 Å². The Morgan fingerprint density at radius 3 is 2.47 bits per heavy atom. The molecule has 1 aliphatic carbocycles. The van der Waals surface area contributed by atoms with E-state index in [2.05, 4.69) is 5.32 Å². The van der Waals surface area contributed by atoms with Crippen molar-refractivity contribution in [3.05, 3.63) is 92.6 Å². The van der Waals surface area contributed by atoms with Crippen molar-refractivity contribution in [2.75, 3.05) is 13.2 Å². The highest BCUT2D eigenvalue weighted by atomic mass is 35.5. The van der Waals surface area contributed by atoms with Crippen LogP contribution in [-0.2, 0) is 4.79 Å². The molecular weight excluding hydrogens is 531 g/mol. The largest absolute Gasteiger partial charge is 0.756 e. The standard InChI is InChI=1S/C28H25Cl2N2O6/c29-18-5-1-16(2-6-18)24(33)15-31-27(34)17-3-9-20(10-4-17)38-26-14-25-22(13-23(26)30)21(11-12-37-25)28(35)32(36)19-7-8-19/h1-6,9-10,13-14,19,21,24,33H,7-8,11-12,15H2,(H,31,34)/q-1. The molecule has 0 bridgehead atoms. The molecule has 38 heavy (non-hydrogen) atoms. The Hall–Kier alpha value is -3.30. The SMILES string of the molecule is O=C(NCC(O)c1ccc(Cl)cc1)c1ccc(Oc2cc3c(cc2Cl)C(C(=O)N([O-])C2CC2)CCO3)cc1. The van der Waals surface area contributed by atoms with Crippen LogP contribution in [0.1, 0.15) is 52.8 Å². The minimum Gasteiger partial charge on any atom is -0.756 e. The number of nitrogens with zero attached hydrogens (tertiary/aromatic N) is 1. The molecule has 2 unspecified atom stereocenters. The van der Waals surface area contributed by atoms with Gasteiger partial charge in [-0.1, -0.05) is 35.3 Å². The molecule has 3 aromatic carbocycles. The molecule has 5 rings (SSSR count). The molecule has 1 aliphatic heterocycles. The summed E-state index contributed by atoms with van der Waals surface area (Å²) in [5.74, 6) is -0.196. The van der Waals surface area contributed by atoms with Gasteiger partial charge in [0.25, 0.3) is 5.91 Å². The molecule has 0 spiro atoms. The number of aliphatic hydroxyl groups excluding tert-OH is 1. The number of hydrogen-bond donors (Lipinski definition) is 2. The molecule has 1 saturated carbocycles. The normalized spacial score (nSPS) is 17.1. The lowest BCUT2D eigenvalue weighted by molar-refractivity contribution is -0.131. The van der Waals surface area contributed by atoms with E-state index in [1.165, 1.54) is 0 Å². The minimum atomic E-state index is -0.868. The number of fused-ring (bicyclic) bond motifs is 1. The molecule has 198 valence electrons. The molecule has 2 amide bonds. The third-order valence-electron chi connectivity index (χ3n) is 6.55. The summed E-state index contributed by atoms with van der Waals surface area (Å²) in [6.07, 6.45) is 1.02. The van der Waals surface area contributed by atoms with Gasteiger partial charge in [0, 0.05) is 34.8 Å². The average Bonchev–Trinajstić information content (AvgIpc) is 3.77. The minimum absolute atomic E-state index is 0.0394. The van der Waals surface area contributed by atoms with Gasteiger partial charge in [-0.2, -0.15) is 0 Å². The lowest BCUT2D eigenvalue weighted by atomic mass is 9.92. The van der Waals surface area contributed by atoms with Crippen molar-refractivity contribution in [1.29, 1.82) is 0 Å². The fraction of sp³-hybridized carbons (Fsp3) is 0.286. The summed E-state index contributed by atoms with van der Waals surface area (Å²) < 4.78 is 11.7. The van der Waals surface area contributed by atoms with Gasteiger partial charge in [0.15, 0.2) is 0 Å². The van der Waals surface area contributed by atoms with Crippen molar-refractivity contribution in [3.63, 3.8) is 0 Å². The first-order chi connectivity index (χ1) is 18.3. The van der Waals surface area contributed by atoms with E-state index < -0.39 is 17.9 Å². The maximum absolute atomic E-state index is 12.7. The van der Waals surface area contributed by atoms with E-state index in [-0.39, 0.29) is 23.5 Å². The van der Waals surface area contributed by atoms with Gasteiger partial charge in [-0.25, -0.2) is 0 Å². The number of hydroxylamine groups is 2. The van der Waals surface area contributed by atoms with Crippen molar-refractivity contribution in [1.82, 2.24) is 10.4 Å². The maximum atomic E-state index is 12.7. The number of amides is 2. The van der Waals surface area contributed by atoms with Crippen LogP contribution in [-0.4, -0.2) is 41.2 Å². The van der Waals surface area contributed by atoms with Gasteiger partial charge in [0.1, 0.15) is 17.2 Å². The first-order valence-corrected chi connectivity index (χ1v) is 13.0. The fourth-order valence-corrected chi connectivity index (χ4v) is 4.60. The predicted octanol–water partition coefficient (Wildman–Crippen LogP) is 5.60. The zero-order valence-electron chi connectivity index (χ0n) is 20.2. The van der Waals surface area contributed by atoms with Gasteiger partial charge in [-0.15, -0.1) is 0 Å². The third kappa shape index (κ3) is 5.89. The Morgan fingerprint density at radius 2 is 1.79 bits per heavy atom. The van der Waals surface area contributed by atoms with E-state index in [0.29, 0.717) is 57.1 Å². The smallest absolute Gasteiger partial charge is 0.251 e. The molecule has 1 fully saturated rings. The zero-order chi connectivity index (χ0) is 26.8. The van der Waals surface area contributed by atoms with Crippen LogP contribution in [0.5, 0.6) is 17.2 Å². The van der Waals surface area contributed by atoms with Crippen LogP contribution in [0.25, 0.3) is 0 Å². The van der Waals surface area contributed by atoms with E-state index in [1.807, 2.05) is 0 Å². The summed E-state index contributed by atoms with van der Waals surface area (Å²) in [6.45, 7) is 0.344. The summed E-state index contributed by atoms with van der Waals surface area (Å²) >= 11 is 12.3. The second-order valence-corrected chi connectivity index (χ2v) is 10.2. The van der Waals surface area contributed by atoms with Crippen LogP contribution >= 0.6 is 23.2 Å². The average molecular weight is 556 g/mol. The van der Waals surface area contributed by atoms with Gasteiger partial charge < -0.3 is 30.2 Å². The van der Waals surface area contributed by atoms with Crippen LogP contribution in [0.2, 0.25) is 10.0 Å². The number of carbonyl (C=O) groups excluding carboxylic acids is 2. The molecule has 2 aliphatic rings. The van der Waals surface area contributed by atoms with E-state index >= 15 is 0 Å². The summed E-state index contributed by atoms with van der Waals surface area (Å²) in [7, 11) is 0. The molecule has 0 saturated heterocycles. The Kier molecular flexibility index (Phi) is 7.76. The van der Waals surface area contributed by atoms with Crippen LogP contribution in [0, 0.1) is 5.21 Å². The van der Waals surface area contributed by atoms with Crippen LogP contribution in [0.3, 0.4) is 0 Å². The number of aliphatic hydroxyl groups is 1. The van der Waals surface area contributed by atoms with Crippen molar-refractivity contribution in [3.8, 4) is 17.2 Å². The van der Waals surface area contributed by atoms with Crippen LogP contribution in [0.15, 0.2) is 60.7 Å². The highest BCUT2D eigenvalue weighted by Crippen LogP contribution is 2.43. The molecule has 3 aromatic rings. The topological polar surface area (TPSA) is 111 Å². The first kappa shape index (κ1) is 26.3. The lowest BCUT2D eigenvalue weighted by Gasteiger charge is -2.35. The van der Waals surface area contributed by atoms with E-state index in [9.17, 15) is 19.9 Å². The Labute approximate surface area is 229 Å². The second-order valence-electron chi connectivity index (χ2n) is 9.31. The van der Waals surface area contributed by atoms with Crippen molar-refractivity contribution >= 4 is 35.0 Å². The summed E-state index contributed by atoms with van der Waals surface area (Å²) in [5, 5.41) is 26.7. The molecule has 2 N–H and O–H groups in total. The summed E-state index contributed by atoms with van der Waals surface area (Å²) in [4.78, 5) is 25.2. The zero-order valence-corrected chi connectivity index (χ0v) is 21.7. The molecule has 8 nitrogen and oxygen atoms in total. The monoisotopic (exact) mass is 555 g/mol. The number of halogens is 2. The highest BCUT2D eigenvalue weighted by Gasteiger charge is 2.34. The van der Waals surface area contributed by atoms with Crippen LogP contribution in [0.4, 0.5) is 0 Å². The number of rotatable bonds is 8. The molecule has 0 radical (unpaired) electrons. The number of ether oxygens (including phenoxy) is 2. The molecule has 1 heterocycles. The summed E-state index contributed by atoms with van der Waals surface area (Å²) in [6, 6.07) is 16.2. The lowest BCUT2D eigenvalue weighted by Crippen LogP contribution is -2.34. The molecule has 10 heteroatoms. The fourth-order valence-electron chi connectivity index (χ4n) is 4.26. The highest BCUT2D eigenvalue weighted by molar-refractivity contribution is 6.32. The molecular formula is C28H25Cl2N2O6-. The van der Waals surface area contributed by atoms with Gasteiger partial charge in [0.2, 0.25) is 5.91 Å². The Morgan fingerprint density at radius 1 is 1.08 bits per heavy atom. The van der Waals surface area contributed by atoms with Crippen molar-refractivity contribution < 1.29 is 24.2 Å².